The smallest absolute Gasteiger partial charge is 0.401 e. The van der Waals surface area contributed by atoms with Crippen LogP contribution < -0.4 is 0 Å². The number of halogens is 3. The standard InChI is InChI=1S/C28H37F3N4O2/c1-21-15-34(17-23-6-8-26(9-7-23)27(36)37)16-22(2)35(21)19-25-5-3-4-24(14-25)18-32-10-12-33(13-11-32)20-28(29,30)31/h3-9,14,21-22H,10-13,15-20H2,1-2H3,(H,36,37)/t21-,22+. The molecule has 2 fully saturated rings. The summed E-state index contributed by atoms with van der Waals surface area (Å²) in [5.74, 6) is -0.907. The molecule has 202 valence electrons. The van der Waals surface area contributed by atoms with Crippen molar-refractivity contribution in [2.24, 2.45) is 0 Å². The van der Waals surface area contributed by atoms with E-state index in [1.54, 1.807) is 12.1 Å². The van der Waals surface area contributed by atoms with Gasteiger partial charge in [0, 0.05) is 71.0 Å². The Kier molecular flexibility index (Phi) is 8.90. The average Bonchev–Trinajstić information content (AvgIpc) is 2.82. The Balaban J connectivity index is 1.28. The van der Waals surface area contributed by atoms with E-state index in [0.29, 0.717) is 43.8 Å². The fraction of sp³-hybridized carbons (Fsp3) is 0.536. The second-order valence-corrected chi connectivity index (χ2v) is 10.6. The first-order valence-corrected chi connectivity index (χ1v) is 13.0. The predicted molar refractivity (Wildman–Crippen MR) is 137 cm³/mol. The lowest BCUT2D eigenvalue weighted by atomic mass is 10.0. The lowest BCUT2D eigenvalue weighted by molar-refractivity contribution is -0.149. The molecule has 2 aromatic carbocycles. The Morgan fingerprint density at radius 2 is 1.35 bits per heavy atom. The van der Waals surface area contributed by atoms with Gasteiger partial charge in [0.2, 0.25) is 0 Å². The molecule has 2 saturated heterocycles. The normalized spacial score (nSPS) is 22.8. The molecule has 0 aromatic heterocycles. The minimum Gasteiger partial charge on any atom is -0.478 e. The monoisotopic (exact) mass is 518 g/mol. The van der Waals surface area contributed by atoms with Crippen molar-refractivity contribution in [1.82, 2.24) is 19.6 Å². The molecule has 0 spiro atoms. The number of carboxylic acid groups (broad SMARTS) is 1. The molecule has 9 heteroatoms. The highest BCUT2D eigenvalue weighted by Gasteiger charge is 2.32. The van der Waals surface area contributed by atoms with Crippen LogP contribution in [0.25, 0.3) is 0 Å². The molecule has 0 unspecified atom stereocenters. The minimum atomic E-state index is -4.14. The Labute approximate surface area is 217 Å². The van der Waals surface area contributed by atoms with E-state index < -0.39 is 18.7 Å². The number of benzene rings is 2. The van der Waals surface area contributed by atoms with Crippen molar-refractivity contribution in [1.29, 1.82) is 0 Å². The van der Waals surface area contributed by atoms with Crippen LogP contribution in [-0.2, 0) is 19.6 Å². The van der Waals surface area contributed by atoms with Crippen LogP contribution in [0.4, 0.5) is 13.2 Å². The van der Waals surface area contributed by atoms with Crippen LogP contribution in [0, 0.1) is 0 Å². The van der Waals surface area contributed by atoms with Crippen LogP contribution in [-0.4, -0.2) is 94.7 Å². The first-order valence-electron chi connectivity index (χ1n) is 13.0. The maximum Gasteiger partial charge on any atom is 0.401 e. The largest absolute Gasteiger partial charge is 0.478 e. The van der Waals surface area contributed by atoms with Crippen LogP contribution in [0.5, 0.6) is 0 Å². The number of alkyl halides is 3. The Morgan fingerprint density at radius 1 is 0.811 bits per heavy atom. The third kappa shape index (κ3) is 8.01. The zero-order chi connectivity index (χ0) is 26.6. The number of aromatic carboxylic acids is 1. The summed E-state index contributed by atoms with van der Waals surface area (Å²) in [5, 5.41) is 9.11. The summed E-state index contributed by atoms with van der Waals surface area (Å²) in [4.78, 5) is 19.8. The third-order valence-electron chi connectivity index (χ3n) is 7.41. The maximum atomic E-state index is 12.7. The number of nitrogens with zero attached hydrogens (tertiary/aromatic N) is 4. The average molecular weight is 519 g/mol. The molecule has 0 radical (unpaired) electrons. The second kappa shape index (κ2) is 11.9. The number of carbonyl (C=O) groups is 1. The Hall–Kier alpha value is -2.46. The summed E-state index contributed by atoms with van der Waals surface area (Å²) in [5.41, 5.74) is 3.88. The van der Waals surface area contributed by atoms with Gasteiger partial charge in [-0.2, -0.15) is 13.2 Å². The molecule has 2 atom stereocenters. The van der Waals surface area contributed by atoms with Crippen LogP contribution >= 0.6 is 0 Å². The lowest BCUT2D eigenvalue weighted by Crippen LogP contribution is -2.55. The fourth-order valence-corrected chi connectivity index (χ4v) is 5.57. The van der Waals surface area contributed by atoms with Gasteiger partial charge in [0.25, 0.3) is 0 Å². The first kappa shape index (κ1) is 27.6. The van der Waals surface area contributed by atoms with Gasteiger partial charge in [-0.15, -0.1) is 0 Å². The SMILES string of the molecule is C[C@@H]1CN(Cc2ccc(C(=O)O)cc2)C[C@H](C)N1Cc1cccc(CN2CCN(CC(F)(F)F)CC2)c1. The first-order chi connectivity index (χ1) is 17.6. The van der Waals surface area contributed by atoms with E-state index in [0.717, 1.165) is 38.3 Å². The van der Waals surface area contributed by atoms with Gasteiger partial charge >= 0.3 is 12.1 Å². The Morgan fingerprint density at radius 3 is 1.92 bits per heavy atom. The molecule has 0 amide bonds. The van der Waals surface area contributed by atoms with Crippen molar-refractivity contribution in [3.63, 3.8) is 0 Å². The van der Waals surface area contributed by atoms with Crippen LogP contribution in [0.1, 0.15) is 40.9 Å². The quantitative estimate of drug-likeness (QED) is 0.567. The molecule has 2 aromatic rings. The van der Waals surface area contributed by atoms with E-state index in [-0.39, 0.29) is 0 Å². The molecule has 4 rings (SSSR count). The third-order valence-corrected chi connectivity index (χ3v) is 7.41. The molecule has 6 nitrogen and oxygen atoms in total. The van der Waals surface area contributed by atoms with Crippen molar-refractivity contribution in [3.8, 4) is 0 Å². The summed E-state index contributed by atoms with van der Waals surface area (Å²) < 4.78 is 38.0. The van der Waals surface area contributed by atoms with Crippen molar-refractivity contribution in [3.05, 3.63) is 70.8 Å². The Bertz CT molecular complexity index is 1030. The zero-order valence-corrected chi connectivity index (χ0v) is 21.6. The lowest BCUT2D eigenvalue weighted by Gasteiger charge is -2.44. The number of hydrogen-bond acceptors (Lipinski definition) is 5. The molecular formula is C28H37F3N4O2. The van der Waals surface area contributed by atoms with Crippen LogP contribution in [0.15, 0.2) is 48.5 Å². The molecule has 0 bridgehead atoms. The van der Waals surface area contributed by atoms with Gasteiger partial charge in [-0.25, -0.2) is 4.79 Å². The van der Waals surface area contributed by atoms with Gasteiger partial charge in [-0.1, -0.05) is 36.4 Å². The van der Waals surface area contributed by atoms with Crippen molar-refractivity contribution < 1.29 is 23.1 Å². The van der Waals surface area contributed by atoms with E-state index in [1.807, 2.05) is 12.1 Å². The highest BCUT2D eigenvalue weighted by molar-refractivity contribution is 5.87. The van der Waals surface area contributed by atoms with Crippen molar-refractivity contribution >= 4 is 5.97 Å². The fourth-order valence-electron chi connectivity index (χ4n) is 5.57. The number of hydrogen-bond donors (Lipinski definition) is 1. The number of rotatable bonds is 8. The summed E-state index contributed by atoms with van der Waals surface area (Å²) in [6, 6.07) is 16.4. The van der Waals surface area contributed by atoms with Gasteiger partial charge < -0.3 is 5.11 Å². The van der Waals surface area contributed by atoms with E-state index in [1.165, 1.54) is 16.0 Å². The summed E-state index contributed by atoms with van der Waals surface area (Å²) in [6.45, 7) is 10.2. The topological polar surface area (TPSA) is 50.3 Å². The molecule has 37 heavy (non-hydrogen) atoms. The van der Waals surface area contributed by atoms with Crippen LogP contribution in [0.2, 0.25) is 0 Å². The summed E-state index contributed by atoms with van der Waals surface area (Å²) in [7, 11) is 0. The summed E-state index contributed by atoms with van der Waals surface area (Å²) >= 11 is 0. The predicted octanol–water partition coefficient (Wildman–Crippen LogP) is 4.16. The van der Waals surface area contributed by atoms with E-state index >= 15 is 0 Å². The second-order valence-electron chi connectivity index (χ2n) is 10.6. The molecule has 2 heterocycles. The minimum absolute atomic E-state index is 0.307. The van der Waals surface area contributed by atoms with E-state index in [2.05, 4.69) is 52.8 Å². The van der Waals surface area contributed by atoms with E-state index in [9.17, 15) is 18.0 Å². The van der Waals surface area contributed by atoms with Crippen molar-refractivity contribution in [2.45, 2.75) is 51.7 Å². The summed E-state index contributed by atoms with van der Waals surface area (Å²) in [6.07, 6.45) is -4.14. The van der Waals surface area contributed by atoms with Gasteiger partial charge in [-0.05, 0) is 42.7 Å². The molecule has 0 aliphatic carbocycles. The van der Waals surface area contributed by atoms with Gasteiger partial charge in [0.15, 0.2) is 0 Å². The van der Waals surface area contributed by atoms with Crippen molar-refractivity contribution in [2.75, 3.05) is 45.8 Å². The van der Waals surface area contributed by atoms with Crippen LogP contribution in [0.3, 0.4) is 0 Å². The highest BCUT2D eigenvalue weighted by Crippen LogP contribution is 2.22. The molecular weight excluding hydrogens is 481 g/mol. The molecule has 2 aliphatic heterocycles. The van der Waals surface area contributed by atoms with Gasteiger partial charge in [0.1, 0.15) is 0 Å². The molecule has 2 aliphatic rings. The number of piperazine rings is 2. The number of carboxylic acids is 1. The molecule has 0 saturated carbocycles. The zero-order valence-electron chi connectivity index (χ0n) is 21.6. The molecule has 1 N–H and O–H groups in total. The van der Waals surface area contributed by atoms with Gasteiger partial charge in [0.05, 0.1) is 12.1 Å². The van der Waals surface area contributed by atoms with E-state index in [4.69, 9.17) is 5.11 Å². The maximum absolute atomic E-state index is 12.7. The van der Waals surface area contributed by atoms with Gasteiger partial charge in [-0.3, -0.25) is 19.6 Å². The highest BCUT2D eigenvalue weighted by atomic mass is 19.4.